The molecule has 1 aromatic carbocycles. The molecule has 1 saturated carbocycles. The maximum absolute atomic E-state index is 12.0. The number of benzene rings is 1. The van der Waals surface area contributed by atoms with Crippen molar-refractivity contribution in [2.75, 3.05) is 6.61 Å². The third-order valence-corrected chi connectivity index (χ3v) is 4.30. The third kappa shape index (κ3) is 3.59. The molecule has 0 aliphatic heterocycles. The Kier molecular flexibility index (Phi) is 4.29. The zero-order valence-corrected chi connectivity index (χ0v) is 13.6. The minimum absolute atomic E-state index is 0.0542. The average molecular weight is 327 g/mol. The van der Waals surface area contributed by atoms with Gasteiger partial charge in [-0.1, -0.05) is 6.92 Å². The summed E-state index contributed by atoms with van der Waals surface area (Å²) in [7, 11) is 0. The minimum atomic E-state index is -0.193. The first-order valence-corrected chi connectivity index (χ1v) is 7.94. The Morgan fingerprint density at radius 1 is 1.38 bits per heavy atom. The van der Waals surface area contributed by atoms with Crippen molar-refractivity contribution >= 4 is 22.6 Å². The molecule has 6 nitrogen and oxygen atoms in total. The molecule has 1 aliphatic rings. The summed E-state index contributed by atoms with van der Waals surface area (Å²) in [6.45, 7) is 2.40. The Morgan fingerprint density at radius 3 is 2.88 bits per heavy atom. The van der Waals surface area contributed by atoms with Crippen molar-refractivity contribution in [2.24, 2.45) is 11.1 Å². The van der Waals surface area contributed by atoms with Crippen LogP contribution < -0.4 is 15.8 Å². The molecule has 1 aromatic heterocycles. The molecular weight excluding hydrogens is 306 g/mol. The van der Waals surface area contributed by atoms with Crippen LogP contribution in [0.25, 0.3) is 10.9 Å². The van der Waals surface area contributed by atoms with E-state index in [2.05, 4.69) is 10.3 Å². The van der Waals surface area contributed by atoms with Gasteiger partial charge in [0.25, 0.3) is 0 Å². The Balaban J connectivity index is 1.63. The van der Waals surface area contributed by atoms with E-state index in [4.69, 9.17) is 10.5 Å². The normalized spacial score (nSPS) is 15.5. The number of nitrogens with two attached hydrogens (primary N) is 1. The molecule has 1 amide bonds. The second-order valence-electron chi connectivity index (χ2n) is 6.40. The van der Waals surface area contributed by atoms with E-state index >= 15 is 0 Å². The Hall–Kier alpha value is -2.76. The van der Waals surface area contributed by atoms with E-state index in [1.807, 2.05) is 31.2 Å². The van der Waals surface area contributed by atoms with E-state index < -0.39 is 0 Å². The maximum Gasteiger partial charge on any atom is 0.226 e. The van der Waals surface area contributed by atoms with E-state index in [1.54, 1.807) is 0 Å². The second kappa shape index (κ2) is 6.39. The Morgan fingerprint density at radius 2 is 2.17 bits per heavy atom. The summed E-state index contributed by atoms with van der Waals surface area (Å²) in [5.41, 5.74) is 6.83. The van der Waals surface area contributed by atoms with Crippen LogP contribution in [0.4, 0.5) is 0 Å². The van der Waals surface area contributed by atoms with Crippen LogP contribution >= 0.6 is 0 Å². The maximum atomic E-state index is 12.0. The molecule has 2 aromatic rings. The predicted molar refractivity (Wildman–Crippen MR) is 91.3 cm³/mol. The zero-order valence-electron chi connectivity index (χ0n) is 13.6. The standard InChI is InChI=1S/C18H21N3O3/c1-18(5-6-18)17(23)20-10-13-8-12-2-3-15(9-16(12)21-13)24-11-14(22)4-7-19/h2-4,7-9,21H,5-6,10-11,19H2,1H3,(H,20,23)/b7-4-. The molecule has 0 bridgehead atoms. The molecule has 6 heteroatoms. The lowest BCUT2D eigenvalue weighted by molar-refractivity contribution is -0.125. The van der Waals surface area contributed by atoms with Crippen LogP contribution in [-0.4, -0.2) is 23.3 Å². The van der Waals surface area contributed by atoms with Gasteiger partial charge in [0.2, 0.25) is 5.91 Å². The molecule has 1 fully saturated rings. The fraction of sp³-hybridized carbons (Fsp3) is 0.333. The number of rotatable bonds is 7. The SMILES string of the molecule is CC1(C(=O)NCc2cc3ccc(OCC(=O)/C=C\N)cc3[nH]2)CC1. The number of aromatic amines is 1. The van der Waals surface area contributed by atoms with Gasteiger partial charge < -0.3 is 20.8 Å². The van der Waals surface area contributed by atoms with Gasteiger partial charge in [0, 0.05) is 28.8 Å². The van der Waals surface area contributed by atoms with Crippen molar-refractivity contribution in [1.29, 1.82) is 0 Å². The molecule has 126 valence electrons. The lowest BCUT2D eigenvalue weighted by Crippen LogP contribution is -2.29. The van der Waals surface area contributed by atoms with Gasteiger partial charge in [-0.15, -0.1) is 0 Å². The molecule has 24 heavy (non-hydrogen) atoms. The summed E-state index contributed by atoms with van der Waals surface area (Å²) in [5.74, 6) is 0.516. The molecular formula is C18H21N3O3. The van der Waals surface area contributed by atoms with E-state index in [0.29, 0.717) is 12.3 Å². The fourth-order valence-corrected chi connectivity index (χ4v) is 2.46. The summed E-state index contributed by atoms with van der Waals surface area (Å²) < 4.78 is 5.44. The number of fused-ring (bicyclic) bond motifs is 1. The first-order chi connectivity index (χ1) is 11.5. The molecule has 0 atom stereocenters. The molecule has 0 radical (unpaired) electrons. The number of carbonyl (C=O) groups excluding carboxylic acids is 2. The van der Waals surface area contributed by atoms with Crippen molar-refractivity contribution in [3.63, 3.8) is 0 Å². The fourth-order valence-electron chi connectivity index (χ4n) is 2.46. The smallest absolute Gasteiger partial charge is 0.226 e. The van der Waals surface area contributed by atoms with Crippen LogP contribution in [0.3, 0.4) is 0 Å². The molecule has 4 N–H and O–H groups in total. The summed E-state index contributed by atoms with van der Waals surface area (Å²) in [6.07, 6.45) is 4.39. The minimum Gasteiger partial charge on any atom is -0.485 e. The molecule has 0 spiro atoms. The molecule has 0 unspecified atom stereocenters. The zero-order chi connectivity index (χ0) is 17.2. The number of carbonyl (C=O) groups is 2. The highest BCUT2D eigenvalue weighted by atomic mass is 16.5. The molecule has 1 heterocycles. The molecule has 1 aliphatic carbocycles. The Bertz CT molecular complexity index is 803. The van der Waals surface area contributed by atoms with Gasteiger partial charge in [0.1, 0.15) is 5.75 Å². The van der Waals surface area contributed by atoms with Crippen LogP contribution in [0, 0.1) is 5.41 Å². The van der Waals surface area contributed by atoms with Gasteiger partial charge in [0.15, 0.2) is 12.4 Å². The van der Waals surface area contributed by atoms with Gasteiger partial charge in [-0.2, -0.15) is 0 Å². The average Bonchev–Trinajstić information content (AvgIpc) is 3.18. The number of hydrogen-bond donors (Lipinski definition) is 3. The van der Waals surface area contributed by atoms with Crippen LogP contribution in [0.15, 0.2) is 36.5 Å². The van der Waals surface area contributed by atoms with E-state index in [0.717, 1.165) is 29.4 Å². The summed E-state index contributed by atoms with van der Waals surface area (Å²) in [6, 6.07) is 7.56. The molecule has 3 rings (SSSR count). The second-order valence-corrected chi connectivity index (χ2v) is 6.40. The van der Waals surface area contributed by atoms with Crippen LogP contribution in [-0.2, 0) is 16.1 Å². The van der Waals surface area contributed by atoms with Crippen LogP contribution in [0.5, 0.6) is 5.75 Å². The van der Waals surface area contributed by atoms with E-state index in [-0.39, 0.29) is 23.7 Å². The number of hydrogen-bond acceptors (Lipinski definition) is 4. The van der Waals surface area contributed by atoms with Crippen molar-refractivity contribution in [3.05, 3.63) is 42.2 Å². The highest BCUT2D eigenvalue weighted by molar-refractivity contribution is 5.91. The van der Waals surface area contributed by atoms with Gasteiger partial charge in [-0.3, -0.25) is 9.59 Å². The first kappa shape index (κ1) is 16.1. The predicted octanol–water partition coefficient (Wildman–Crippen LogP) is 2.00. The number of H-pyrrole nitrogens is 1. The Labute approximate surface area is 140 Å². The van der Waals surface area contributed by atoms with Crippen LogP contribution in [0.1, 0.15) is 25.5 Å². The number of nitrogens with one attached hydrogen (secondary N) is 2. The number of aromatic nitrogens is 1. The summed E-state index contributed by atoms with van der Waals surface area (Å²) >= 11 is 0. The lowest BCUT2D eigenvalue weighted by Gasteiger charge is -2.08. The quantitative estimate of drug-likeness (QED) is 0.678. The van der Waals surface area contributed by atoms with Crippen molar-refractivity contribution in [2.45, 2.75) is 26.3 Å². The number of amides is 1. The topological polar surface area (TPSA) is 97.2 Å². The van der Waals surface area contributed by atoms with Gasteiger partial charge in [-0.25, -0.2) is 0 Å². The largest absolute Gasteiger partial charge is 0.485 e. The third-order valence-electron chi connectivity index (χ3n) is 4.30. The van der Waals surface area contributed by atoms with Gasteiger partial charge in [-0.05, 0) is 42.6 Å². The first-order valence-electron chi connectivity index (χ1n) is 7.94. The van der Waals surface area contributed by atoms with E-state index in [9.17, 15) is 9.59 Å². The summed E-state index contributed by atoms with van der Waals surface area (Å²) in [5, 5.41) is 3.99. The number of ketones is 1. The molecule has 0 saturated heterocycles. The summed E-state index contributed by atoms with van der Waals surface area (Å²) in [4.78, 5) is 26.6. The highest BCUT2D eigenvalue weighted by Crippen LogP contribution is 2.45. The van der Waals surface area contributed by atoms with Gasteiger partial charge >= 0.3 is 0 Å². The van der Waals surface area contributed by atoms with Crippen LogP contribution in [0.2, 0.25) is 0 Å². The highest BCUT2D eigenvalue weighted by Gasteiger charge is 2.44. The number of ether oxygens (including phenoxy) is 1. The lowest BCUT2D eigenvalue weighted by atomic mass is 10.1. The van der Waals surface area contributed by atoms with Crippen molar-refractivity contribution < 1.29 is 14.3 Å². The van der Waals surface area contributed by atoms with E-state index in [1.165, 1.54) is 12.3 Å². The monoisotopic (exact) mass is 327 g/mol. The van der Waals surface area contributed by atoms with Crippen molar-refractivity contribution in [3.8, 4) is 5.75 Å². The van der Waals surface area contributed by atoms with Crippen molar-refractivity contribution in [1.82, 2.24) is 10.3 Å². The van der Waals surface area contributed by atoms with Gasteiger partial charge in [0.05, 0.1) is 6.54 Å².